The zero-order chi connectivity index (χ0) is 29.4. The minimum absolute atomic E-state index is 0.123. The number of carbonyl (C=O) groups is 3. The smallest absolute Gasteiger partial charge is 0.281 e. The highest BCUT2D eigenvalue weighted by atomic mass is 16.7. The third-order valence-electron chi connectivity index (χ3n) is 10.7. The first kappa shape index (κ1) is 27.9. The number of ether oxygens (including phenoxy) is 1. The molecule has 0 bridgehead atoms. The average Bonchev–Trinajstić information content (AvgIpc) is 3.68. The molecule has 0 saturated carbocycles. The van der Waals surface area contributed by atoms with Gasteiger partial charge in [-0.3, -0.25) is 24.0 Å². The summed E-state index contributed by atoms with van der Waals surface area (Å²) in [4.78, 5) is 50.7. The third kappa shape index (κ3) is 3.90. The Bertz CT molecular complexity index is 1430. The monoisotopic (exact) mass is 577 g/mol. The standard InChI is InChI=1S/C32H43N5O5/c1-4-6-11-24-29(39)36-14-8-12-26(36)32(41)37(24)30(40)31(42-32,13-5-2)34-28(38)20-15-22-21-9-7-10-23-27(21)19(17-33-23)16-25(22)35(3)18-20/h7,9-10,17,20,22,24-26,33,41H,4-6,8,11-16,18H2,1-3H3,(H,34,38)/t20-,22?,24?,25-,26+,31-,32?/m1/s1. The number of benzene rings is 1. The van der Waals surface area contributed by atoms with Gasteiger partial charge in [0.15, 0.2) is 0 Å². The predicted octanol–water partition coefficient (Wildman–Crippen LogP) is 2.81. The van der Waals surface area contributed by atoms with Crippen molar-refractivity contribution in [3.8, 4) is 0 Å². The molecule has 4 fully saturated rings. The Labute approximate surface area is 246 Å². The number of H-pyrrole nitrogens is 1. The molecule has 226 valence electrons. The fourth-order valence-corrected chi connectivity index (χ4v) is 8.74. The Morgan fingerprint density at radius 1 is 1.24 bits per heavy atom. The maximum atomic E-state index is 14.4. The molecule has 0 radical (unpaired) electrons. The van der Waals surface area contributed by atoms with Crippen molar-refractivity contribution in [2.24, 2.45) is 5.92 Å². The Balaban J connectivity index is 1.19. The Morgan fingerprint density at radius 2 is 2.07 bits per heavy atom. The summed E-state index contributed by atoms with van der Waals surface area (Å²) in [6, 6.07) is 5.21. The van der Waals surface area contributed by atoms with Gasteiger partial charge in [-0.15, -0.1) is 0 Å². The summed E-state index contributed by atoms with van der Waals surface area (Å²) in [6.07, 6.45) is 7.84. The number of likely N-dealkylation sites (N-methyl/N-ethyl adjacent to an activating group) is 1. The zero-order valence-electron chi connectivity index (χ0n) is 24.9. The molecule has 10 nitrogen and oxygen atoms in total. The summed E-state index contributed by atoms with van der Waals surface area (Å²) < 4.78 is 6.43. The van der Waals surface area contributed by atoms with E-state index in [0.717, 1.165) is 31.2 Å². The molecule has 1 aromatic carbocycles. The van der Waals surface area contributed by atoms with Crippen LogP contribution in [0.1, 0.15) is 82.3 Å². The van der Waals surface area contributed by atoms with E-state index in [4.69, 9.17) is 4.74 Å². The van der Waals surface area contributed by atoms with Gasteiger partial charge < -0.3 is 25.2 Å². The quantitative estimate of drug-likeness (QED) is 0.466. The van der Waals surface area contributed by atoms with Gasteiger partial charge in [-0.05, 0) is 56.3 Å². The van der Waals surface area contributed by atoms with Crippen LogP contribution in [-0.2, 0) is 25.5 Å². The third-order valence-corrected chi connectivity index (χ3v) is 10.7. The van der Waals surface area contributed by atoms with Crippen molar-refractivity contribution in [2.45, 2.75) is 107 Å². The van der Waals surface area contributed by atoms with Gasteiger partial charge in [0.2, 0.25) is 17.5 Å². The van der Waals surface area contributed by atoms with E-state index in [9.17, 15) is 19.5 Å². The second-order valence-electron chi connectivity index (χ2n) is 13.2. The highest BCUT2D eigenvalue weighted by Crippen LogP contribution is 2.48. The van der Waals surface area contributed by atoms with E-state index in [-0.39, 0.29) is 30.1 Å². The number of fused-ring (bicyclic) bond motifs is 5. The van der Waals surface area contributed by atoms with E-state index in [1.165, 1.54) is 21.4 Å². The molecule has 4 saturated heterocycles. The lowest BCUT2D eigenvalue weighted by Gasteiger charge is -2.48. The summed E-state index contributed by atoms with van der Waals surface area (Å²) in [7, 11) is 2.08. The van der Waals surface area contributed by atoms with Crippen molar-refractivity contribution in [3.05, 3.63) is 35.5 Å². The summed E-state index contributed by atoms with van der Waals surface area (Å²) in [5.41, 5.74) is 2.01. The SMILES string of the molecule is CCCCC1C(=O)N2CCC[C@H]2C2(O)O[C@@](CCC)(NC(=O)[C@@H]3CC4c5cccc6[nH]cc(c56)C[C@H]4N(C)C3)C(=O)N12. The van der Waals surface area contributed by atoms with Gasteiger partial charge in [-0.25, -0.2) is 0 Å². The fraction of sp³-hybridized carbons (Fsp3) is 0.656. The maximum absolute atomic E-state index is 14.4. The number of nitrogens with one attached hydrogen (secondary N) is 2. The number of aromatic nitrogens is 1. The van der Waals surface area contributed by atoms with Crippen LogP contribution in [0.15, 0.2) is 24.4 Å². The second-order valence-corrected chi connectivity index (χ2v) is 13.2. The zero-order valence-corrected chi connectivity index (χ0v) is 24.9. The maximum Gasteiger partial charge on any atom is 0.281 e. The van der Waals surface area contributed by atoms with Gasteiger partial charge in [-0.2, -0.15) is 0 Å². The van der Waals surface area contributed by atoms with Crippen molar-refractivity contribution < 1.29 is 24.2 Å². The molecule has 3 unspecified atom stereocenters. The first-order valence-electron chi connectivity index (χ1n) is 15.9. The summed E-state index contributed by atoms with van der Waals surface area (Å²) >= 11 is 0. The largest absolute Gasteiger partial charge is 0.361 e. The average molecular weight is 578 g/mol. The number of rotatable bonds is 7. The molecular weight excluding hydrogens is 534 g/mol. The predicted molar refractivity (Wildman–Crippen MR) is 156 cm³/mol. The van der Waals surface area contributed by atoms with Gasteiger partial charge >= 0.3 is 0 Å². The normalized spacial score (nSPS) is 35.9. The van der Waals surface area contributed by atoms with Crippen LogP contribution in [0.4, 0.5) is 0 Å². The van der Waals surface area contributed by atoms with E-state index in [1.54, 1.807) is 4.90 Å². The minimum Gasteiger partial charge on any atom is -0.361 e. The summed E-state index contributed by atoms with van der Waals surface area (Å²) in [6.45, 7) is 5.09. The first-order chi connectivity index (χ1) is 20.2. The van der Waals surface area contributed by atoms with Crippen LogP contribution in [0.5, 0.6) is 0 Å². The lowest BCUT2D eigenvalue weighted by molar-refractivity contribution is -0.318. The lowest BCUT2D eigenvalue weighted by Crippen LogP contribution is -2.71. The van der Waals surface area contributed by atoms with Crippen molar-refractivity contribution in [3.63, 3.8) is 0 Å². The number of hydrogen-bond donors (Lipinski definition) is 3. The van der Waals surface area contributed by atoms with Crippen molar-refractivity contribution >= 4 is 28.6 Å². The number of piperidine rings is 1. The van der Waals surface area contributed by atoms with E-state index in [1.807, 2.05) is 13.8 Å². The number of carbonyl (C=O) groups excluding carboxylic acids is 3. The highest BCUT2D eigenvalue weighted by molar-refractivity contribution is 5.97. The van der Waals surface area contributed by atoms with Crippen LogP contribution in [-0.4, -0.2) is 92.4 Å². The van der Waals surface area contributed by atoms with Crippen molar-refractivity contribution in [1.29, 1.82) is 0 Å². The molecular formula is C32H43N5O5. The van der Waals surface area contributed by atoms with E-state index in [2.05, 4.69) is 46.6 Å². The van der Waals surface area contributed by atoms with Crippen molar-refractivity contribution in [2.75, 3.05) is 20.1 Å². The minimum atomic E-state index is -1.96. The fourth-order valence-electron chi connectivity index (χ4n) is 8.74. The number of nitrogens with zero attached hydrogens (tertiary/aromatic N) is 3. The van der Waals surface area contributed by atoms with Gasteiger partial charge in [0.05, 0.1) is 5.92 Å². The number of unbranched alkanes of at least 4 members (excludes halogenated alkanes) is 1. The lowest BCUT2D eigenvalue weighted by atomic mass is 9.72. The molecule has 1 aromatic heterocycles. The topological polar surface area (TPSA) is 118 Å². The van der Waals surface area contributed by atoms with Crippen LogP contribution in [0.25, 0.3) is 10.9 Å². The van der Waals surface area contributed by atoms with E-state index in [0.29, 0.717) is 44.8 Å². The highest BCUT2D eigenvalue weighted by Gasteiger charge is 2.70. The Hall–Kier alpha value is -2.95. The molecule has 4 aliphatic heterocycles. The Morgan fingerprint density at radius 3 is 2.86 bits per heavy atom. The molecule has 5 heterocycles. The molecule has 3 amide bonds. The molecule has 3 N–H and O–H groups in total. The van der Waals surface area contributed by atoms with Gasteiger partial charge in [0.1, 0.15) is 12.1 Å². The Kier molecular flexibility index (Phi) is 6.67. The number of aliphatic hydroxyl groups is 1. The molecule has 0 spiro atoms. The molecule has 7 atom stereocenters. The summed E-state index contributed by atoms with van der Waals surface area (Å²) in [5.74, 6) is -2.99. The molecule has 10 heteroatoms. The van der Waals surface area contributed by atoms with Crippen LogP contribution >= 0.6 is 0 Å². The molecule has 42 heavy (non-hydrogen) atoms. The van der Waals surface area contributed by atoms with Gasteiger partial charge in [0.25, 0.3) is 11.8 Å². The molecule has 2 aromatic rings. The van der Waals surface area contributed by atoms with Crippen LogP contribution in [0, 0.1) is 5.92 Å². The van der Waals surface area contributed by atoms with Crippen LogP contribution < -0.4 is 5.32 Å². The number of hydrogen-bond acceptors (Lipinski definition) is 6. The van der Waals surface area contributed by atoms with E-state index >= 15 is 0 Å². The first-order valence-corrected chi connectivity index (χ1v) is 15.9. The molecule has 1 aliphatic carbocycles. The van der Waals surface area contributed by atoms with Crippen molar-refractivity contribution in [1.82, 2.24) is 25.0 Å². The molecule has 5 aliphatic rings. The molecule has 7 rings (SSSR count). The number of likely N-dealkylation sites (tertiary alicyclic amines) is 1. The van der Waals surface area contributed by atoms with Crippen LogP contribution in [0.3, 0.4) is 0 Å². The summed E-state index contributed by atoms with van der Waals surface area (Å²) in [5, 5.41) is 16.4. The van der Waals surface area contributed by atoms with Gasteiger partial charge in [0, 0.05) is 48.6 Å². The van der Waals surface area contributed by atoms with E-state index < -0.39 is 29.6 Å². The second kappa shape index (κ2) is 10.1. The number of amides is 3. The van der Waals surface area contributed by atoms with Gasteiger partial charge in [-0.1, -0.05) is 45.2 Å². The van der Waals surface area contributed by atoms with Crippen LogP contribution in [0.2, 0.25) is 0 Å². The number of piperazine rings is 1. The number of aromatic amines is 1.